The van der Waals surface area contributed by atoms with E-state index in [1.165, 1.54) is 12.4 Å². The highest BCUT2D eigenvalue weighted by Crippen LogP contribution is 2.43. The van der Waals surface area contributed by atoms with Gasteiger partial charge in [-0.2, -0.15) is 0 Å². The Morgan fingerprint density at radius 2 is 2.10 bits per heavy atom. The zero-order chi connectivity index (χ0) is 20.8. The monoisotopic (exact) mass is 396 g/mol. The van der Waals surface area contributed by atoms with E-state index < -0.39 is 0 Å². The van der Waals surface area contributed by atoms with Crippen molar-refractivity contribution in [2.45, 2.75) is 19.0 Å². The maximum absolute atomic E-state index is 11.8. The average Bonchev–Trinajstić information content (AvgIpc) is 3.09. The van der Waals surface area contributed by atoms with Crippen molar-refractivity contribution in [3.05, 3.63) is 67.8 Å². The van der Waals surface area contributed by atoms with Crippen LogP contribution in [0.2, 0.25) is 0 Å². The van der Waals surface area contributed by atoms with Gasteiger partial charge in [0.1, 0.15) is 17.8 Å². The minimum atomic E-state index is -0.208. The zero-order valence-electron chi connectivity index (χ0n) is 16.3. The molecule has 0 unspecified atom stereocenters. The van der Waals surface area contributed by atoms with Gasteiger partial charge in [-0.05, 0) is 30.2 Å². The van der Waals surface area contributed by atoms with Gasteiger partial charge in [0.15, 0.2) is 0 Å². The fourth-order valence-corrected chi connectivity index (χ4v) is 4.26. The van der Waals surface area contributed by atoms with Gasteiger partial charge in [-0.1, -0.05) is 31.4 Å². The van der Waals surface area contributed by atoms with Crippen LogP contribution in [0.15, 0.2) is 62.1 Å². The molecular weight excluding hydrogens is 376 g/mol. The number of nitrogens with one attached hydrogen (secondary N) is 1. The largest absolute Gasteiger partial charge is 0.383 e. The number of amides is 1. The van der Waals surface area contributed by atoms with Crippen molar-refractivity contribution in [3.63, 3.8) is 0 Å². The third-order valence-electron chi connectivity index (χ3n) is 5.51. The lowest BCUT2D eigenvalue weighted by Gasteiger charge is -2.28. The predicted molar refractivity (Wildman–Crippen MR) is 118 cm³/mol. The summed E-state index contributed by atoms with van der Waals surface area (Å²) in [6, 6.07) is 9.97. The first-order valence-corrected chi connectivity index (χ1v) is 9.65. The summed E-state index contributed by atoms with van der Waals surface area (Å²) >= 11 is 0. The second-order valence-corrected chi connectivity index (χ2v) is 7.43. The maximum atomic E-state index is 11.8. The summed E-state index contributed by atoms with van der Waals surface area (Å²) in [4.78, 5) is 25.2. The molecule has 0 saturated carbocycles. The van der Waals surface area contributed by atoms with E-state index in [1.807, 2.05) is 30.5 Å². The van der Waals surface area contributed by atoms with E-state index in [9.17, 15) is 4.79 Å². The Kier molecular flexibility index (Phi) is 4.10. The Bertz CT molecular complexity index is 1350. The number of nitrogens with zero attached hydrogens (tertiary/aromatic N) is 4. The van der Waals surface area contributed by atoms with E-state index in [4.69, 9.17) is 5.73 Å². The van der Waals surface area contributed by atoms with Crippen LogP contribution in [0.4, 0.5) is 5.82 Å². The summed E-state index contributed by atoms with van der Waals surface area (Å²) < 4.78 is 2.07. The molecule has 0 radical (unpaired) electrons. The van der Waals surface area contributed by atoms with Crippen molar-refractivity contribution >= 4 is 39.2 Å². The molecule has 4 aromatic rings. The van der Waals surface area contributed by atoms with Gasteiger partial charge in [0, 0.05) is 29.3 Å². The number of aromatic nitrogens is 4. The van der Waals surface area contributed by atoms with Crippen LogP contribution in [-0.4, -0.2) is 31.5 Å². The lowest BCUT2D eigenvalue weighted by atomic mass is 9.94. The fraction of sp³-hybridized carbons (Fsp3) is 0.130. The van der Waals surface area contributed by atoms with Crippen LogP contribution >= 0.6 is 0 Å². The van der Waals surface area contributed by atoms with Gasteiger partial charge in [0.2, 0.25) is 5.91 Å². The third-order valence-corrected chi connectivity index (χ3v) is 5.51. The first-order valence-electron chi connectivity index (χ1n) is 9.65. The van der Waals surface area contributed by atoms with E-state index in [2.05, 4.69) is 44.1 Å². The highest BCUT2D eigenvalue weighted by atomic mass is 16.1. The molecule has 148 valence electrons. The van der Waals surface area contributed by atoms with Gasteiger partial charge in [0.05, 0.1) is 22.6 Å². The van der Waals surface area contributed by atoms with Gasteiger partial charge >= 0.3 is 0 Å². The standard InChI is InChI=1S/C23H20N6O/c1-3-18(30)28-16-8-13(2)21-19(15-9-14-6-4-5-7-17(14)25-10-15)20-22(24)26-12-27-23(20)29(21)11-16/h3-7,9-10,12,16H,1-2,8,11H2,(H,28,30)(H2,24,26,27)/t16-/m0/s1. The molecule has 1 aromatic carbocycles. The Balaban J connectivity index is 1.75. The first-order chi connectivity index (χ1) is 14.6. The lowest BCUT2D eigenvalue weighted by molar-refractivity contribution is -0.117. The number of carbonyl (C=O) groups is 1. The van der Waals surface area contributed by atoms with Crippen LogP contribution in [0, 0.1) is 0 Å². The van der Waals surface area contributed by atoms with Crippen molar-refractivity contribution < 1.29 is 4.79 Å². The SMILES string of the molecule is C=CC(=O)N[C@H]1CC(=C)c2c(-c3cnc4ccccc4c3)c3c(N)ncnc3n2C1. The number of pyridine rings is 1. The summed E-state index contributed by atoms with van der Waals surface area (Å²) in [5.41, 5.74) is 11.7. The van der Waals surface area contributed by atoms with Gasteiger partial charge in [-0.15, -0.1) is 0 Å². The van der Waals surface area contributed by atoms with Gasteiger partial charge < -0.3 is 15.6 Å². The number of carbonyl (C=O) groups excluding carboxylic acids is 1. The molecule has 1 atom stereocenters. The molecule has 7 nitrogen and oxygen atoms in total. The summed E-state index contributed by atoms with van der Waals surface area (Å²) in [7, 11) is 0. The number of rotatable bonds is 3. The lowest BCUT2D eigenvalue weighted by Crippen LogP contribution is -2.39. The minimum absolute atomic E-state index is 0.107. The molecule has 0 bridgehead atoms. The second-order valence-electron chi connectivity index (χ2n) is 7.43. The molecule has 4 heterocycles. The van der Waals surface area contributed by atoms with Crippen molar-refractivity contribution in [1.82, 2.24) is 24.8 Å². The summed E-state index contributed by atoms with van der Waals surface area (Å²) in [6.45, 7) is 8.40. The number of fused-ring (bicyclic) bond motifs is 4. The number of anilines is 1. The van der Waals surface area contributed by atoms with Gasteiger partial charge in [0.25, 0.3) is 0 Å². The summed E-state index contributed by atoms with van der Waals surface area (Å²) in [5.74, 6) is 0.199. The van der Waals surface area contributed by atoms with Crippen LogP contribution < -0.4 is 11.1 Å². The van der Waals surface area contributed by atoms with Crippen LogP contribution in [0.25, 0.3) is 38.6 Å². The van der Waals surface area contributed by atoms with Crippen LogP contribution in [0.5, 0.6) is 0 Å². The molecule has 3 N–H and O–H groups in total. The molecule has 0 aliphatic carbocycles. The molecule has 1 aliphatic rings. The Morgan fingerprint density at radius 1 is 1.27 bits per heavy atom. The van der Waals surface area contributed by atoms with Crippen LogP contribution in [-0.2, 0) is 11.3 Å². The normalized spacial score (nSPS) is 15.9. The van der Waals surface area contributed by atoms with E-state index in [1.54, 1.807) is 0 Å². The van der Waals surface area contributed by atoms with Crippen LogP contribution in [0.3, 0.4) is 0 Å². The fourth-order valence-electron chi connectivity index (χ4n) is 4.26. The molecule has 3 aromatic heterocycles. The average molecular weight is 396 g/mol. The van der Waals surface area contributed by atoms with Crippen molar-refractivity contribution in [2.24, 2.45) is 0 Å². The van der Waals surface area contributed by atoms with Gasteiger partial charge in [-0.25, -0.2) is 9.97 Å². The predicted octanol–water partition coefficient (Wildman–Crippen LogP) is 3.32. The molecule has 0 saturated heterocycles. The molecular formula is C23H20N6O. The Morgan fingerprint density at radius 3 is 2.93 bits per heavy atom. The molecule has 1 amide bonds. The van der Waals surface area contributed by atoms with Gasteiger partial charge in [-0.3, -0.25) is 9.78 Å². The quantitative estimate of drug-likeness (QED) is 0.518. The second kappa shape index (κ2) is 6.81. The molecule has 7 heteroatoms. The number of hydrogen-bond donors (Lipinski definition) is 2. The van der Waals surface area contributed by atoms with Crippen molar-refractivity contribution in [2.75, 3.05) is 5.73 Å². The molecule has 0 spiro atoms. The van der Waals surface area contributed by atoms with Crippen molar-refractivity contribution in [3.8, 4) is 11.1 Å². The number of para-hydroxylation sites is 1. The molecule has 0 fully saturated rings. The smallest absolute Gasteiger partial charge is 0.243 e. The third kappa shape index (κ3) is 2.75. The maximum Gasteiger partial charge on any atom is 0.243 e. The highest BCUT2D eigenvalue weighted by Gasteiger charge is 2.30. The molecule has 30 heavy (non-hydrogen) atoms. The summed E-state index contributed by atoms with van der Waals surface area (Å²) in [6.07, 6.45) is 5.21. The molecule has 5 rings (SSSR count). The zero-order valence-corrected chi connectivity index (χ0v) is 16.3. The minimum Gasteiger partial charge on any atom is -0.383 e. The van der Waals surface area contributed by atoms with E-state index >= 15 is 0 Å². The Labute approximate surface area is 173 Å². The van der Waals surface area contributed by atoms with E-state index in [-0.39, 0.29) is 11.9 Å². The van der Waals surface area contributed by atoms with E-state index in [0.717, 1.165) is 44.3 Å². The number of hydrogen-bond acceptors (Lipinski definition) is 5. The Hall–Kier alpha value is -4.00. The number of nitrogens with two attached hydrogens (primary N) is 1. The first kappa shape index (κ1) is 18.1. The highest BCUT2D eigenvalue weighted by molar-refractivity contribution is 6.07. The number of benzene rings is 1. The number of nitrogen functional groups attached to an aromatic ring is 1. The van der Waals surface area contributed by atoms with Crippen LogP contribution in [0.1, 0.15) is 12.1 Å². The summed E-state index contributed by atoms with van der Waals surface area (Å²) in [5, 5.41) is 4.78. The topological polar surface area (TPSA) is 98.7 Å². The van der Waals surface area contributed by atoms with Crippen molar-refractivity contribution in [1.29, 1.82) is 0 Å². The van der Waals surface area contributed by atoms with E-state index in [0.29, 0.717) is 18.8 Å². The molecule has 1 aliphatic heterocycles.